The van der Waals surface area contributed by atoms with Gasteiger partial charge in [-0.1, -0.05) is 13.8 Å². The maximum Gasteiger partial charge on any atom is 0.202 e. The molecule has 1 saturated carbocycles. The lowest BCUT2D eigenvalue weighted by Crippen LogP contribution is -2.33. The summed E-state index contributed by atoms with van der Waals surface area (Å²) in [6.07, 6.45) is 2.50. The smallest absolute Gasteiger partial charge is 0.202 e. The molecule has 1 aliphatic carbocycles. The number of hydrogen-bond donors (Lipinski definition) is 2. The molecule has 0 saturated heterocycles. The average molecular weight is 226 g/mol. The molecule has 0 amide bonds. The standard InChI is InChI=1S/C10H18N4S/c1-6(2)8(11)5-12-10-13-9(14-15-10)7-3-4-7/h6-8H,3-5,11H2,1-2H3,(H,12,13,14). The van der Waals surface area contributed by atoms with Crippen LogP contribution in [0.3, 0.4) is 0 Å². The van der Waals surface area contributed by atoms with Gasteiger partial charge in [-0.15, -0.1) is 0 Å². The number of nitrogens with two attached hydrogens (primary N) is 1. The highest BCUT2D eigenvalue weighted by atomic mass is 32.1. The van der Waals surface area contributed by atoms with E-state index in [1.807, 2.05) is 0 Å². The molecule has 1 aromatic heterocycles. The molecule has 1 fully saturated rings. The van der Waals surface area contributed by atoms with Crippen LogP contribution < -0.4 is 11.1 Å². The van der Waals surface area contributed by atoms with E-state index in [0.29, 0.717) is 11.8 Å². The minimum Gasteiger partial charge on any atom is -0.359 e. The van der Waals surface area contributed by atoms with Crippen molar-refractivity contribution in [2.75, 3.05) is 11.9 Å². The second kappa shape index (κ2) is 4.45. The minimum absolute atomic E-state index is 0.179. The molecule has 1 atom stereocenters. The second-order valence-electron chi connectivity index (χ2n) is 4.52. The van der Waals surface area contributed by atoms with Crippen LogP contribution in [0.25, 0.3) is 0 Å². The summed E-state index contributed by atoms with van der Waals surface area (Å²) < 4.78 is 4.33. The Labute approximate surface area is 94.5 Å². The Bertz CT molecular complexity index is 319. The molecule has 0 spiro atoms. The summed E-state index contributed by atoms with van der Waals surface area (Å²) in [5.41, 5.74) is 5.94. The first kappa shape index (κ1) is 10.8. The van der Waals surface area contributed by atoms with Crippen molar-refractivity contribution in [1.29, 1.82) is 0 Å². The molecule has 3 N–H and O–H groups in total. The third kappa shape index (κ3) is 2.89. The highest BCUT2D eigenvalue weighted by molar-refractivity contribution is 7.09. The summed E-state index contributed by atoms with van der Waals surface area (Å²) in [6.45, 7) is 5.03. The van der Waals surface area contributed by atoms with Gasteiger partial charge in [0.15, 0.2) is 0 Å². The summed E-state index contributed by atoms with van der Waals surface area (Å²) in [7, 11) is 0. The van der Waals surface area contributed by atoms with Crippen molar-refractivity contribution in [1.82, 2.24) is 9.36 Å². The molecule has 0 bridgehead atoms. The molecule has 2 rings (SSSR count). The van der Waals surface area contributed by atoms with Gasteiger partial charge in [0.1, 0.15) is 5.82 Å². The molecule has 4 nitrogen and oxygen atoms in total. The second-order valence-corrected chi connectivity index (χ2v) is 5.27. The van der Waals surface area contributed by atoms with Gasteiger partial charge in [0, 0.05) is 30.0 Å². The monoisotopic (exact) mass is 226 g/mol. The average Bonchev–Trinajstić information content (AvgIpc) is 2.95. The van der Waals surface area contributed by atoms with Crippen LogP contribution in [0.1, 0.15) is 38.4 Å². The fraction of sp³-hybridized carbons (Fsp3) is 0.800. The highest BCUT2D eigenvalue weighted by Crippen LogP contribution is 2.39. The summed E-state index contributed by atoms with van der Waals surface area (Å²) in [6, 6.07) is 0.179. The lowest BCUT2D eigenvalue weighted by atomic mass is 10.1. The largest absolute Gasteiger partial charge is 0.359 e. The van der Waals surface area contributed by atoms with Crippen molar-refractivity contribution >= 4 is 16.7 Å². The molecule has 1 unspecified atom stereocenters. The summed E-state index contributed by atoms with van der Waals surface area (Å²) >= 11 is 1.44. The van der Waals surface area contributed by atoms with E-state index in [-0.39, 0.29) is 6.04 Å². The molecule has 1 aliphatic rings. The Morgan fingerprint density at radius 1 is 1.53 bits per heavy atom. The first-order valence-electron chi connectivity index (χ1n) is 5.50. The van der Waals surface area contributed by atoms with Crippen LogP contribution >= 0.6 is 11.5 Å². The molecule has 1 heterocycles. The van der Waals surface area contributed by atoms with Gasteiger partial charge in [0.25, 0.3) is 0 Å². The maximum atomic E-state index is 5.94. The molecule has 1 aromatic rings. The van der Waals surface area contributed by atoms with E-state index in [4.69, 9.17) is 5.73 Å². The maximum absolute atomic E-state index is 5.94. The third-order valence-electron chi connectivity index (χ3n) is 2.73. The van der Waals surface area contributed by atoms with E-state index in [9.17, 15) is 0 Å². The van der Waals surface area contributed by atoms with Crippen molar-refractivity contribution in [2.24, 2.45) is 11.7 Å². The molecular formula is C10H18N4S. The van der Waals surface area contributed by atoms with Crippen molar-refractivity contribution in [3.8, 4) is 0 Å². The molecule has 0 aromatic carbocycles. The Morgan fingerprint density at radius 2 is 2.27 bits per heavy atom. The first-order chi connectivity index (χ1) is 7.16. The number of hydrogen-bond acceptors (Lipinski definition) is 5. The lowest BCUT2D eigenvalue weighted by Gasteiger charge is -2.15. The van der Waals surface area contributed by atoms with Crippen molar-refractivity contribution < 1.29 is 0 Å². The van der Waals surface area contributed by atoms with Gasteiger partial charge < -0.3 is 11.1 Å². The van der Waals surface area contributed by atoms with Crippen molar-refractivity contribution in [3.63, 3.8) is 0 Å². The molecule has 0 aliphatic heterocycles. The number of nitrogens with one attached hydrogen (secondary N) is 1. The molecule has 0 radical (unpaired) electrons. The number of aromatic nitrogens is 2. The van der Waals surface area contributed by atoms with Gasteiger partial charge in [-0.2, -0.15) is 4.37 Å². The Kier molecular flexibility index (Phi) is 3.21. The molecule has 84 valence electrons. The van der Waals surface area contributed by atoms with E-state index in [1.165, 1.54) is 24.4 Å². The van der Waals surface area contributed by atoms with E-state index in [1.54, 1.807) is 0 Å². The summed E-state index contributed by atoms with van der Waals surface area (Å²) in [5.74, 6) is 2.14. The Hall–Kier alpha value is -0.680. The lowest BCUT2D eigenvalue weighted by molar-refractivity contribution is 0.511. The van der Waals surface area contributed by atoms with Gasteiger partial charge >= 0.3 is 0 Å². The zero-order valence-electron chi connectivity index (χ0n) is 9.23. The Balaban J connectivity index is 1.82. The van der Waals surface area contributed by atoms with Gasteiger partial charge in [-0.3, -0.25) is 0 Å². The normalized spacial score (nSPS) is 18.1. The highest BCUT2D eigenvalue weighted by Gasteiger charge is 2.27. The first-order valence-corrected chi connectivity index (χ1v) is 6.27. The van der Waals surface area contributed by atoms with Gasteiger partial charge in [-0.05, 0) is 18.8 Å². The van der Waals surface area contributed by atoms with Crippen LogP contribution in [0.15, 0.2) is 0 Å². The predicted molar refractivity (Wildman–Crippen MR) is 63.2 cm³/mol. The van der Waals surface area contributed by atoms with Gasteiger partial charge in [0.05, 0.1) is 0 Å². The van der Waals surface area contributed by atoms with Crippen molar-refractivity contribution in [2.45, 2.75) is 38.6 Å². The number of rotatable bonds is 5. The summed E-state index contributed by atoms with van der Waals surface area (Å²) in [4.78, 5) is 4.44. The Morgan fingerprint density at radius 3 is 2.87 bits per heavy atom. The zero-order chi connectivity index (χ0) is 10.8. The topological polar surface area (TPSA) is 63.8 Å². The molecular weight excluding hydrogens is 208 g/mol. The van der Waals surface area contributed by atoms with Crippen LogP contribution in [0.2, 0.25) is 0 Å². The van der Waals surface area contributed by atoms with Crippen LogP contribution in [-0.4, -0.2) is 21.9 Å². The third-order valence-corrected chi connectivity index (χ3v) is 3.42. The van der Waals surface area contributed by atoms with Crippen LogP contribution in [-0.2, 0) is 0 Å². The zero-order valence-corrected chi connectivity index (χ0v) is 10.0. The quantitative estimate of drug-likeness (QED) is 0.803. The van der Waals surface area contributed by atoms with Crippen LogP contribution in [0.5, 0.6) is 0 Å². The van der Waals surface area contributed by atoms with Crippen LogP contribution in [0, 0.1) is 5.92 Å². The summed E-state index contributed by atoms with van der Waals surface area (Å²) in [5, 5.41) is 4.16. The molecule has 15 heavy (non-hydrogen) atoms. The van der Waals surface area contributed by atoms with Crippen molar-refractivity contribution in [3.05, 3.63) is 5.82 Å². The van der Waals surface area contributed by atoms with E-state index in [2.05, 4.69) is 28.5 Å². The predicted octanol–water partition coefficient (Wildman–Crippen LogP) is 1.81. The van der Waals surface area contributed by atoms with Gasteiger partial charge in [0.2, 0.25) is 5.13 Å². The van der Waals surface area contributed by atoms with E-state index < -0.39 is 0 Å². The number of nitrogens with zero attached hydrogens (tertiary/aromatic N) is 2. The van der Waals surface area contributed by atoms with Gasteiger partial charge in [-0.25, -0.2) is 4.98 Å². The number of anilines is 1. The minimum atomic E-state index is 0.179. The van der Waals surface area contributed by atoms with Crippen LogP contribution in [0.4, 0.5) is 5.13 Å². The van der Waals surface area contributed by atoms with E-state index >= 15 is 0 Å². The molecule has 5 heteroatoms. The SMILES string of the molecule is CC(C)C(N)CNc1nc(C2CC2)ns1. The fourth-order valence-corrected chi connectivity index (χ4v) is 1.91. The fourth-order valence-electron chi connectivity index (χ4n) is 1.25. The van der Waals surface area contributed by atoms with E-state index in [0.717, 1.165) is 17.5 Å².